The minimum atomic E-state index is -0.933. The SMILES string of the molecule is C.C.C.C.C.C.C.C.C.C.CCC(C)(C)C(=O)OCC(=O)OC1C2CC3C(=O)OC1C3O2.CCC(C)(C)C(=O)OCC(=O)OC1C2CC3C1OC(=O)C3C2C(=O)OC.CCC(C)(C)C(=O)OCC(=O)OC1C2CC3C1OC(=O)C3C2C(=O)OC(C)(C)C.CCC(C)(C)C(=O)OCC(=O)OC1C2OC(=O)C3C2OC1C3C(=O)OC.CCC(C)C(=O)OCC(=O)OC1C2CC3C1OC(=O)C3C2C(=O)OC1(CC)CC2CC1C1C3CC(C3)C21. The van der Waals surface area contributed by atoms with Gasteiger partial charge in [0.2, 0.25) is 0 Å². The molecule has 40 heteroatoms. The Kier molecular flexibility index (Phi) is 43.0. The van der Waals surface area contributed by atoms with Crippen molar-refractivity contribution in [3.05, 3.63) is 0 Å². The van der Waals surface area contributed by atoms with Crippen LogP contribution in [0.5, 0.6) is 0 Å². The molecule has 0 N–H and O–H groups in total. The summed E-state index contributed by atoms with van der Waals surface area (Å²) in [4.78, 5) is 232. The molecule has 11 saturated carbocycles. The maximum absolute atomic E-state index is 13.9. The molecule has 0 aromatic carbocycles. The number of esters is 19. The number of rotatable bonds is 31. The monoisotopic (exact) mass is 2140 g/mol. The van der Waals surface area contributed by atoms with E-state index in [-0.39, 0.29) is 152 Å². The van der Waals surface area contributed by atoms with Gasteiger partial charge in [0, 0.05) is 41.4 Å². The van der Waals surface area contributed by atoms with E-state index in [1.807, 2.05) is 34.6 Å². The maximum atomic E-state index is 13.9. The van der Waals surface area contributed by atoms with Gasteiger partial charge >= 0.3 is 113 Å². The van der Waals surface area contributed by atoms with E-state index in [1.165, 1.54) is 33.5 Å². The van der Waals surface area contributed by atoms with E-state index < -0.39 is 282 Å². The third kappa shape index (κ3) is 23.9. The molecule has 0 aromatic rings. The highest BCUT2D eigenvalue weighted by Crippen LogP contribution is 2.74. The smallest absolute Gasteiger partial charge is 0.344 e. The summed E-state index contributed by atoms with van der Waals surface area (Å²) in [5.41, 5.74) is -3.84. The molecule has 150 heavy (non-hydrogen) atoms. The van der Waals surface area contributed by atoms with Gasteiger partial charge in [0.05, 0.1) is 89.3 Å². The van der Waals surface area contributed by atoms with Crippen molar-refractivity contribution in [3.63, 3.8) is 0 Å². The van der Waals surface area contributed by atoms with Gasteiger partial charge < -0.3 is 99.5 Å². The first-order valence-electron chi connectivity index (χ1n) is 49.6. The molecule has 9 saturated heterocycles. The standard InChI is InChI=1S/C29H38O8.C21H30O8.C18H24O8.C17H22O9.C15H20O7.10CH4/c1-4-12(3)26(31)34-11-19(30)35-24-17-9-16-22(27(32)36-25(16)24)23(17)28(33)37-29(5-2)10-15-8-18(29)21-14-6-13(7-14)20(15)21;1-7-21(5,6)19(25)26-9-12(22)27-15-11-8-10-13(17(23)28-16(10)15)14(11)18(24)29-20(2,3)4;1-5-18(2,3)17(22)24-7-10(19)25-13-8-6-9-12(11(8)15(20)23-4)16(21)26-14(9)13;1-5-17(2,3)16(21)23-6-7(18)24-12-10-8(14(19)22-4)9-11(25-10)13(12)26-15(9)20;1-4-15(2,3)14(18)19-6-9(16)21-11-8-5-7-10(20-8)12(11)22-13(7)17;;;;;;;;;;/h12-18,20-25H,4-11H2,1-3H3;10-11,13-16H,7-9H2,1-6H3;8-9,11-14H,5-7H2,1-4H3;8-13H,5-6H2,1-4H3;7-8,10-12H,4-6H2,1-3H3;10*1H4. The molecule has 35 atom stereocenters. The predicted molar refractivity (Wildman–Crippen MR) is 533 cm³/mol. The minimum Gasteiger partial charge on any atom is -0.469 e. The summed E-state index contributed by atoms with van der Waals surface area (Å²) < 4.78 is 112. The van der Waals surface area contributed by atoms with Gasteiger partial charge in [0.1, 0.15) is 78.0 Å². The second-order valence-corrected chi connectivity index (χ2v) is 44.8. The van der Waals surface area contributed by atoms with Gasteiger partial charge in [-0.15, -0.1) is 0 Å². The van der Waals surface area contributed by atoms with E-state index in [4.69, 9.17) is 99.5 Å². The van der Waals surface area contributed by atoms with Crippen molar-refractivity contribution in [1.29, 1.82) is 0 Å². The molecule has 20 aliphatic rings. The first-order valence-corrected chi connectivity index (χ1v) is 49.6. The summed E-state index contributed by atoms with van der Waals surface area (Å²) in [6.45, 7) is 29.8. The molecule has 9 aliphatic heterocycles. The summed E-state index contributed by atoms with van der Waals surface area (Å²) >= 11 is 0. The Labute approximate surface area is 884 Å². The summed E-state index contributed by atoms with van der Waals surface area (Å²) in [6, 6.07) is 0. The van der Waals surface area contributed by atoms with E-state index in [1.54, 1.807) is 83.1 Å². The molecule has 0 radical (unpaired) electrons. The van der Waals surface area contributed by atoms with Gasteiger partial charge in [-0.1, -0.05) is 123 Å². The zero-order valence-corrected chi connectivity index (χ0v) is 83.0. The van der Waals surface area contributed by atoms with Crippen molar-refractivity contribution in [2.24, 2.45) is 152 Å². The maximum Gasteiger partial charge on any atom is 0.344 e. The van der Waals surface area contributed by atoms with Crippen molar-refractivity contribution in [2.75, 3.05) is 47.3 Å². The van der Waals surface area contributed by atoms with Crippen LogP contribution < -0.4 is 0 Å². The molecule has 9 heterocycles. The first kappa shape index (κ1) is 130. The van der Waals surface area contributed by atoms with Crippen LogP contribution in [-0.4, -0.2) is 257 Å². The highest BCUT2D eigenvalue weighted by atomic mass is 16.7. The number of fused-ring (bicyclic) bond motifs is 7. The number of carbonyl (C=O) groups is 19. The van der Waals surface area contributed by atoms with Crippen molar-refractivity contribution >= 4 is 113 Å². The first-order chi connectivity index (χ1) is 65.9. The molecule has 20 rings (SSSR count). The van der Waals surface area contributed by atoms with Crippen LogP contribution >= 0.6 is 0 Å². The summed E-state index contributed by atoms with van der Waals surface area (Å²) in [5.74, 6) is -12.7. The van der Waals surface area contributed by atoms with E-state index in [0.717, 1.165) is 30.6 Å². The van der Waals surface area contributed by atoms with Gasteiger partial charge in [0.15, 0.2) is 57.5 Å². The Balaban J connectivity index is 0.000000327. The Morgan fingerprint density at radius 3 is 1.06 bits per heavy atom. The Hall–Kier alpha value is -10.1. The summed E-state index contributed by atoms with van der Waals surface area (Å²) in [5, 5.41) is 0. The minimum absolute atomic E-state index is 0. The van der Waals surface area contributed by atoms with Crippen molar-refractivity contribution in [1.82, 2.24) is 0 Å². The Bertz CT molecular complexity index is 4810. The highest BCUT2D eigenvalue weighted by molar-refractivity contribution is 5.91. The van der Waals surface area contributed by atoms with Crippen LogP contribution in [0.3, 0.4) is 0 Å². The quantitative estimate of drug-likeness (QED) is 0.0459. The van der Waals surface area contributed by atoms with Crippen LogP contribution in [0.25, 0.3) is 0 Å². The Morgan fingerprint density at radius 2 is 0.680 bits per heavy atom. The third-order valence-corrected chi connectivity index (χ3v) is 34.4. The van der Waals surface area contributed by atoms with Crippen molar-refractivity contribution < 1.29 is 191 Å². The van der Waals surface area contributed by atoms with Crippen LogP contribution in [0.2, 0.25) is 0 Å². The molecular weight excluding hydrogens is 1960 g/mol. The molecule has 0 aromatic heterocycles. The second kappa shape index (κ2) is 49.5. The number of ether oxygens (including phenoxy) is 21. The number of methoxy groups -OCH3 is 2. The predicted octanol–water partition coefficient (Wildman–Crippen LogP) is 13.1. The third-order valence-electron chi connectivity index (χ3n) is 34.4. The number of hydrogen-bond donors (Lipinski definition) is 0. The highest BCUT2D eigenvalue weighted by Gasteiger charge is 2.77. The average Bonchev–Trinajstić information content (AvgIpc) is 1.56. The lowest BCUT2D eigenvalue weighted by Crippen LogP contribution is -2.49. The van der Waals surface area contributed by atoms with E-state index in [9.17, 15) is 91.1 Å². The van der Waals surface area contributed by atoms with Crippen molar-refractivity contribution in [3.8, 4) is 0 Å². The van der Waals surface area contributed by atoms with Crippen LogP contribution in [0.1, 0.15) is 289 Å². The summed E-state index contributed by atoms with van der Waals surface area (Å²) in [7, 11) is 2.48. The topological polar surface area (TPSA) is 518 Å². The van der Waals surface area contributed by atoms with E-state index in [2.05, 4.69) is 6.92 Å². The molecular formula is C110H174O40. The second-order valence-electron chi connectivity index (χ2n) is 44.8. The fourth-order valence-electron chi connectivity index (χ4n) is 25.5. The molecule has 854 valence electrons. The Morgan fingerprint density at radius 1 is 0.340 bits per heavy atom. The lowest BCUT2D eigenvalue weighted by molar-refractivity contribution is -0.184. The van der Waals surface area contributed by atoms with Gasteiger partial charge in [-0.25, -0.2) is 24.0 Å². The number of hydrogen-bond acceptors (Lipinski definition) is 40. The largest absolute Gasteiger partial charge is 0.469 e. The fourth-order valence-corrected chi connectivity index (χ4v) is 25.5. The molecule has 14 bridgehead atoms. The molecule has 40 nitrogen and oxygen atoms in total. The molecule has 11 aliphatic carbocycles. The zero-order valence-electron chi connectivity index (χ0n) is 83.0. The zero-order chi connectivity index (χ0) is 102. The van der Waals surface area contributed by atoms with Crippen LogP contribution in [0.15, 0.2) is 0 Å². The van der Waals surface area contributed by atoms with E-state index in [0.29, 0.717) is 75.5 Å². The van der Waals surface area contributed by atoms with Gasteiger partial charge in [0.25, 0.3) is 0 Å². The normalized spacial score (nSPS) is 35.7. The van der Waals surface area contributed by atoms with Crippen LogP contribution in [-0.2, 0) is 191 Å². The lowest BCUT2D eigenvalue weighted by atomic mass is 9.71. The fraction of sp³-hybridized carbons (Fsp3) is 0.827. The molecule has 35 unspecified atom stereocenters. The van der Waals surface area contributed by atoms with Gasteiger partial charge in [-0.2, -0.15) is 0 Å². The van der Waals surface area contributed by atoms with E-state index >= 15 is 0 Å². The van der Waals surface area contributed by atoms with Crippen LogP contribution in [0.4, 0.5) is 0 Å². The molecule has 20 fully saturated rings. The molecule has 0 spiro atoms. The van der Waals surface area contributed by atoms with Gasteiger partial charge in [-0.3, -0.25) is 67.1 Å². The molecule has 0 amide bonds. The average molecular weight is 2140 g/mol. The number of carbonyl (C=O) groups excluding carboxylic acids is 19. The van der Waals surface area contributed by atoms with Crippen molar-refractivity contribution in [2.45, 2.75) is 385 Å². The van der Waals surface area contributed by atoms with Crippen LogP contribution in [0, 0.1) is 152 Å². The summed E-state index contributed by atoms with van der Waals surface area (Å²) in [6.07, 6.45) is 2.16. The lowest BCUT2D eigenvalue weighted by Gasteiger charge is -2.43. The van der Waals surface area contributed by atoms with Gasteiger partial charge in [-0.05, 0) is 196 Å².